The van der Waals surface area contributed by atoms with Gasteiger partial charge in [0.25, 0.3) is 5.91 Å². The highest BCUT2D eigenvalue weighted by atomic mass is 79.9. The number of benzene rings is 3. The Balaban J connectivity index is 1.64. The predicted octanol–water partition coefficient (Wildman–Crippen LogP) is 5.77. The molecule has 0 unspecified atom stereocenters. The van der Waals surface area contributed by atoms with Gasteiger partial charge >= 0.3 is 0 Å². The second-order valence-corrected chi connectivity index (χ2v) is 10.7. The molecule has 0 atom stereocenters. The molecule has 0 radical (unpaired) electrons. The van der Waals surface area contributed by atoms with E-state index in [9.17, 15) is 13.2 Å². The standard InChI is InChI=1S/C24H21BrN2O5S/c25-16-8-10-17(11-9-16)31-22-15-21-18(24(28)26-19-6-2-3-7-20(19)32-21)14-23(22)33(29,30)27-12-4-1-5-13-27/h2-3,6-11,14-15H,1,4-5,12-13H2,(H,26,28). The van der Waals surface area contributed by atoms with E-state index < -0.39 is 15.9 Å². The number of halogens is 1. The first-order valence-corrected chi connectivity index (χ1v) is 12.8. The van der Waals surface area contributed by atoms with Gasteiger partial charge in [-0.2, -0.15) is 4.31 Å². The molecule has 1 saturated heterocycles. The van der Waals surface area contributed by atoms with E-state index in [1.54, 1.807) is 48.5 Å². The van der Waals surface area contributed by atoms with Crippen molar-refractivity contribution in [3.63, 3.8) is 0 Å². The van der Waals surface area contributed by atoms with Gasteiger partial charge in [0, 0.05) is 23.6 Å². The topological polar surface area (TPSA) is 84.9 Å². The number of carbonyl (C=O) groups excluding carboxylic acids is 1. The van der Waals surface area contributed by atoms with Crippen LogP contribution in [0.3, 0.4) is 0 Å². The molecule has 7 nitrogen and oxygen atoms in total. The molecule has 33 heavy (non-hydrogen) atoms. The summed E-state index contributed by atoms with van der Waals surface area (Å²) in [4.78, 5) is 12.9. The highest BCUT2D eigenvalue weighted by molar-refractivity contribution is 9.10. The van der Waals surface area contributed by atoms with Crippen LogP contribution in [0.25, 0.3) is 0 Å². The third-order valence-electron chi connectivity index (χ3n) is 5.62. The van der Waals surface area contributed by atoms with Crippen molar-refractivity contribution >= 4 is 37.5 Å². The molecule has 0 aromatic heterocycles. The zero-order valence-corrected chi connectivity index (χ0v) is 20.0. The summed E-state index contributed by atoms with van der Waals surface area (Å²) in [5.74, 6) is 0.814. The van der Waals surface area contributed by atoms with E-state index in [4.69, 9.17) is 9.47 Å². The Labute approximate surface area is 200 Å². The molecule has 1 N–H and O–H groups in total. The Morgan fingerprint density at radius 3 is 2.42 bits per heavy atom. The number of anilines is 1. The number of carbonyl (C=O) groups is 1. The number of nitrogens with zero attached hydrogens (tertiary/aromatic N) is 1. The molecule has 1 fully saturated rings. The Kier molecular flexibility index (Phi) is 5.86. The minimum atomic E-state index is -3.89. The fraction of sp³-hybridized carbons (Fsp3) is 0.208. The Morgan fingerprint density at radius 2 is 1.67 bits per heavy atom. The molecule has 170 valence electrons. The minimum absolute atomic E-state index is 0.0595. The van der Waals surface area contributed by atoms with E-state index in [0.29, 0.717) is 30.3 Å². The molecule has 0 saturated carbocycles. The second kappa shape index (κ2) is 8.81. The highest BCUT2D eigenvalue weighted by Crippen LogP contribution is 2.42. The minimum Gasteiger partial charge on any atom is -0.456 e. The van der Waals surface area contributed by atoms with Crippen molar-refractivity contribution in [3.8, 4) is 23.0 Å². The van der Waals surface area contributed by atoms with Gasteiger partial charge in [0.2, 0.25) is 10.0 Å². The number of hydrogen-bond donors (Lipinski definition) is 1. The first-order chi connectivity index (χ1) is 15.9. The Bertz CT molecular complexity index is 1320. The number of fused-ring (bicyclic) bond motifs is 2. The molecular formula is C24H21BrN2O5S. The lowest BCUT2D eigenvalue weighted by Crippen LogP contribution is -2.35. The lowest BCUT2D eigenvalue weighted by Gasteiger charge is -2.27. The van der Waals surface area contributed by atoms with Crippen LogP contribution in [0, 0.1) is 0 Å². The van der Waals surface area contributed by atoms with Gasteiger partial charge in [-0.3, -0.25) is 4.79 Å². The van der Waals surface area contributed by atoms with Crippen molar-refractivity contribution in [2.24, 2.45) is 0 Å². The molecule has 9 heteroatoms. The van der Waals surface area contributed by atoms with E-state index in [1.807, 2.05) is 0 Å². The van der Waals surface area contributed by atoms with Crippen LogP contribution >= 0.6 is 15.9 Å². The largest absolute Gasteiger partial charge is 0.456 e. The average Bonchev–Trinajstić information content (AvgIpc) is 2.96. The third kappa shape index (κ3) is 4.36. The van der Waals surface area contributed by atoms with Crippen molar-refractivity contribution in [2.75, 3.05) is 18.4 Å². The van der Waals surface area contributed by atoms with E-state index in [-0.39, 0.29) is 22.0 Å². The summed E-state index contributed by atoms with van der Waals surface area (Å²) in [6.45, 7) is 0.872. The van der Waals surface area contributed by atoms with Gasteiger partial charge < -0.3 is 14.8 Å². The lowest BCUT2D eigenvalue weighted by atomic mass is 10.1. The summed E-state index contributed by atoms with van der Waals surface area (Å²) < 4.78 is 41.6. The van der Waals surface area contributed by atoms with Crippen molar-refractivity contribution in [2.45, 2.75) is 24.2 Å². The van der Waals surface area contributed by atoms with E-state index >= 15 is 0 Å². The van der Waals surface area contributed by atoms with Crippen molar-refractivity contribution in [1.82, 2.24) is 4.31 Å². The molecule has 1 amide bonds. The van der Waals surface area contributed by atoms with Crippen LogP contribution in [0.1, 0.15) is 29.6 Å². The quantitative estimate of drug-likeness (QED) is 0.464. The van der Waals surface area contributed by atoms with Crippen LogP contribution in [-0.2, 0) is 10.0 Å². The van der Waals surface area contributed by atoms with Crippen LogP contribution < -0.4 is 14.8 Å². The van der Waals surface area contributed by atoms with Gasteiger partial charge in [-0.05, 0) is 55.3 Å². The van der Waals surface area contributed by atoms with Crippen molar-refractivity contribution < 1.29 is 22.7 Å². The Hall–Kier alpha value is -2.88. The van der Waals surface area contributed by atoms with Crippen LogP contribution in [0.2, 0.25) is 0 Å². The fourth-order valence-corrected chi connectivity index (χ4v) is 5.83. The third-order valence-corrected chi connectivity index (χ3v) is 8.07. The van der Waals surface area contributed by atoms with E-state index in [2.05, 4.69) is 21.2 Å². The molecule has 3 aromatic rings. The van der Waals surface area contributed by atoms with Gasteiger partial charge in [-0.25, -0.2) is 8.42 Å². The number of piperidine rings is 1. The average molecular weight is 529 g/mol. The van der Waals surface area contributed by atoms with Crippen molar-refractivity contribution in [1.29, 1.82) is 0 Å². The highest BCUT2D eigenvalue weighted by Gasteiger charge is 2.33. The maximum absolute atomic E-state index is 13.6. The number of nitrogens with one attached hydrogen (secondary N) is 1. The second-order valence-electron chi connectivity index (χ2n) is 7.87. The molecule has 3 aromatic carbocycles. The summed E-state index contributed by atoms with van der Waals surface area (Å²) in [6.07, 6.45) is 2.59. The fourth-order valence-electron chi connectivity index (χ4n) is 3.93. The van der Waals surface area contributed by atoms with Crippen molar-refractivity contribution in [3.05, 3.63) is 70.7 Å². The molecule has 2 aliphatic rings. The first kappa shape index (κ1) is 21.9. The first-order valence-electron chi connectivity index (χ1n) is 10.6. The van der Waals surface area contributed by atoms with Gasteiger partial charge in [0.05, 0.1) is 11.3 Å². The van der Waals surface area contributed by atoms with Crippen LogP contribution in [0.4, 0.5) is 5.69 Å². The predicted molar refractivity (Wildman–Crippen MR) is 128 cm³/mol. The number of sulfonamides is 1. The zero-order chi connectivity index (χ0) is 23.0. The summed E-state index contributed by atoms with van der Waals surface area (Å²) >= 11 is 3.39. The maximum Gasteiger partial charge on any atom is 0.259 e. The molecule has 0 spiro atoms. The molecule has 0 bridgehead atoms. The van der Waals surface area contributed by atoms with Gasteiger partial charge in [-0.15, -0.1) is 0 Å². The van der Waals surface area contributed by atoms with Gasteiger partial charge in [0.15, 0.2) is 11.5 Å². The number of rotatable bonds is 4. The van der Waals surface area contributed by atoms with Gasteiger partial charge in [-0.1, -0.05) is 34.5 Å². The summed E-state index contributed by atoms with van der Waals surface area (Å²) in [5.41, 5.74) is 0.638. The molecule has 2 aliphatic heterocycles. The number of amides is 1. The number of ether oxygens (including phenoxy) is 2. The monoisotopic (exact) mass is 528 g/mol. The molecule has 2 heterocycles. The molecule has 0 aliphatic carbocycles. The van der Waals surface area contributed by atoms with E-state index in [0.717, 1.165) is 23.7 Å². The number of para-hydroxylation sites is 2. The lowest BCUT2D eigenvalue weighted by molar-refractivity contribution is 0.102. The van der Waals surface area contributed by atoms with Gasteiger partial charge in [0.1, 0.15) is 16.4 Å². The summed E-state index contributed by atoms with van der Waals surface area (Å²) in [7, 11) is -3.89. The summed E-state index contributed by atoms with van der Waals surface area (Å²) in [5, 5.41) is 2.79. The van der Waals surface area contributed by atoms with Crippen LogP contribution in [-0.4, -0.2) is 31.7 Å². The van der Waals surface area contributed by atoms with E-state index in [1.165, 1.54) is 16.4 Å². The molecule has 5 rings (SSSR count). The zero-order valence-electron chi connectivity index (χ0n) is 17.6. The van der Waals surface area contributed by atoms with Crippen LogP contribution in [0.15, 0.2) is 70.0 Å². The molecular weight excluding hydrogens is 508 g/mol. The normalized spacial score (nSPS) is 16.1. The summed E-state index contributed by atoms with van der Waals surface area (Å²) in [6, 6.07) is 16.9. The smallest absolute Gasteiger partial charge is 0.259 e. The van der Waals surface area contributed by atoms with Crippen LogP contribution in [0.5, 0.6) is 23.0 Å². The Morgan fingerprint density at radius 1 is 0.939 bits per heavy atom. The maximum atomic E-state index is 13.6. The number of hydrogen-bond acceptors (Lipinski definition) is 5. The SMILES string of the molecule is O=C1Nc2ccccc2Oc2cc(Oc3ccc(Br)cc3)c(S(=O)(=O)N3CCCCC3)cc21.